The molecule has 0 saturated carbocycles. The van der Waals surface area contributed by atoms with Crippen molar-refractivity contribution in [1.82, 2.24) is 15.8 Å². The zero-order chi connectivity index (χ0) is 16.4. The molecule has 120 valence electrons. The molecule has 0 aliphatic heterocycles. The second kappa shape index (κ2) is 6.01. The van der Waals surface area contributed by atoms with Crippen LogP contribution in [0.25, 0.3) is 0 Å². The monoisotopic (exact) mass is 321 g/mol. The van der Waals surface area contributed by atoms with Gasteiger partial charge in [0.05, 0.1) is 6.04 Å². The second-order valence-electron chi connectivity index (χ2n) is 4.83. The Morgan fingerprint density at radius 3 is 3.13 bits per heavy atom. The van der Waals surface area contributed by atoms with Crippen LogP contribution < -0.4 is 16.0 Å². The molecule has 0 radical (unpaired) electrons. The van der Waals surface area contributed by atoms with Crippen molar-refractivity contribution >= 4 is 11.7 Å². The van der Waals surface area contributed by atoms with Gasteiger partial charge in [0, 0.05) is 0 Å². The summed E-state index contributed by atoms with van der Waals surface area (Å²) in [6, 6.07) is 4.09. The summed E-state index contributed by atoms with van der Waals surface area (Å²) in [4.78, 5) is 15.0. The van der Waals surface area contributed by atoms with Crippen molar-refractivity contribution in [3.63, 3.8) is 0 Å². The Kier molecular flexibility index (Phi) is 3.89. The molecule has 1 heterocycles. The number of aliphatic imine (C=N–C) groups is 1. The first-order valence-electron chi connectivity index (χ1n) is 6.58. The van der Waals surface area contributed by atoms with E-state index in [0.717, 1.165) is 5.56 Å². The number of hydrogen-bond acceptors (Lipinski definition) is 7. The van der Waals surface area contributed by atoms with E-state index in [9.17, 15) is 14.4 Å². The van der Waals surface area contributed by atoms with Crippen LogP contribution in [0.4, 0.5) is 4.39 Å². The molecule has 9 nitrogen and oxygen atoms in total. The normalized spacial score (nSPS) is 16.4. The number of carbonyl (C=O) groups excluding carboxylic acids is 1. The maximum absolute atomic E-state index is 13.3. The Balaban J connectivity index is 1.84. The first kappa shape index (κ1) is 14.9. The lowest BCUT2D eigenvalue weighted by molar-refractivity contribution is -0.120. The van der Waals surface area contributed by atoms with Crippen LogP contribution in [0.15, 0.2) is 27.8 Å². The lowest BCUT2D eigenvalue weighted by Gasteiger charge is -2.27. The van der Waals surface area contributed by atoms with Crippen LogP contribution in [-0.4, -0.2) is 33.9 Å². The van der Waals surface area contributed by atoms with E-state index in [1.165, 1.54) is 12.1 Å². The maximum atomic E-state index is 13.3. The average molecular weight is 321 g/mol. The van der Waals surface area contributed by atoms with Gasteiger partial charge in [0.2, 0.25) is 5.69 Å². The number of nitrogens with one attached hydrogen (secondary N) is 1. The fourth-order valence-electron chi connectivity index (χ4n) is 2.22. The van der Waals surface area contributed by atoms with Gasteiger partial charge in [0.1, 0.15) is 5.82 Å². The molecular formula is C13H12FN5O4. The van der Waals surface area contributed by atoms with Crippen LogP contribution in [0.1, 0.15) is 22.9 Å². The quantitative estimate of drug-likeness (QED) is 0.403. The standard InChI is InChI=1S/C13H12FN5O4/c14-7-2-1-6-3-9(8(6)4-7)16-12(17-21)11-13(19-23-18-11)22-5-10(15)20/h1-2,4,9,21H,3,5H2,(H2,15,20)(H,16,17). The largest absolute Gasteiger partial charge is 0.464 e. The SMILES string of the molecule is NC(=O)COc1nonc1C(=NC1Cc2ccc(F)cc21)NO. The number of amidine groups is 1. The number of amides is 1. The number of carbonyl (C=O) groups is 1. The molecule has 10 heteroatoms. The van der Waals surface area contributed by atoms with E-state index in [1.54, 1.807) is 6.07 Å². The van der Waals surface area contributed by atoms with Gasteiger partial charge in [-0.1, -0.05) is 6.07 Å². The van der Waals surface area contributed by atoms with Crippen LogP contribution >= 0.6 is 0 Å². The summed E-state index contributed by atoms with van der Waals surface area (Å²) in [5.41, 5.74) is 8.51. The van der Waals surface area contributed by atoms with Crippen LogP contribution in [0, 0.1) is 5.82 Å². The van der Waals surface area contributed by atoms with Crippen molar-refractivity contribution in [3.8, 4) is 5.88 Å². The van der Waals surface area contributed by atoms with Gasteiger partial charge in [-0.05, 0) is 40.0 Å². The minimum atomic E-state index is -0.710. The number of nitrogens with two attached hydrogens (primary N) is 1. The summed E-state index contributed by atoms with van der Waals surface area (Å²) in [6.07, 6.45) is 0.587. The Morgan fingerprint density at radius 1 is 1.57 bits per heavy atom. The molecule has 4 N–H and O–H groups in total. The highest BCUT2D eigenvalue weighted by Gasteiger charge is 2.28. The number of fused-ring (bicyclic) bond motifs is 1. The number of halogens is 1. The molecule has 1 unspecified atom stereocenters. The van der Waals surface area contributed by atoms with Gasteiger partial charge < -0.3 is 10.5 Å². The molecule has 1 aromatic carbocycles. The van der Waals surface area contributed by atoms with Crippen molar-refractivity contribution in [2.24, 2.45) is 10.7 Å². The first-order chi connectivity index (χ1) is 11.1. The highest BCUT2D eigenvalue weighted by atomic mass is 19.1. The molecule has 1 aromatic heterocycles. The van der Waals surface area contributed by atoms with E-state index >= 15 is 0 Å². The number of nitrogens with zero attached hydrogens (tertiary/aromatic N) is 3. The van der Waals surface area contributed by atoms with Crippen LogP contribution in [0.3, 0.4) is 0 Å². The van der Waals surface area contributed by atoms with Crippen molar-refractivity contribution in [2.75, 3.05) is 6.61 Å². The molecule has 1 aliphatic carbocycles. The topological polar surface area (TPSA) is 136 Å². The second-order valence-corrected chi connectivity index (χ2v) is 4.83. The van der Waals surface area contributed by atoms with E-state index in [1.807, 2.05) is 5.48 Å². The summed E-state index contributed by atoms with van der Waals surface area (Å²) >= 11 is 0. The summed E-state index contributed by atoms with van der Waals surface area (Å²) in [7, 11) is 0. The first-order valence-corrected chi connectivity index (χ1v) is 6.58. The third-order valence-electron chi connectivity index (χ3n) is 3.30. The zero-order valence-electron chi connectivity index (χ0n) is 11.7. The number of hydroxylamine groups is 1. The zero-order valence-corrected chi connectivity index (χ0v) is 11.7. The van der Waals surface area contributed by atoms with Gasteiger partial charge in [-0.25, -0.2) is 9.02 Å². The van der Waals surface area contributed by atoms with Crippen molar-refractivity contribution in [3.05, 3.63) is 40.8 Å². The Morgan fingerprint density at radius 2 is 2.39 bits per heavy atom. The van der Waals surface area contributed by atoms with E-state index < -0.39 is 12.5 Å². The third-order valence-corrected chi connectivity index (χ3v) is 3.30. The van der Waals surface area contributed by atoms with E-state index in [-0.39, 0.29) is 29.3 Å². The fraction of sp³-hybridized carbons (Fsp3) is 0.231. The highest BCUT2D eigenvalue weighted by Crippen LogP contribution is 2.36. The smallest absolute Gasteiger partial charge is 0.287 e. The van der Waals surface area contributed by atoms with Gasteiger partial charge in [-0.3, -0.25) is 20.5 Å². The summed E-state index contributed by atoms with van der Waals surface area (Å²) in [5.74, 6) is -1.30. The molecule has 23 heavy (non-hydrogen) atoms. The van der Waals surface area contributed by atoms with Crippen molar-refractivity contribution in [2.45, 2.75) is 12.5 Å². The lowest BCUT2D eigenvalue weighted by Crippen LogP contribution is -2.26. The molecular weight excluding hydrogens is 309 g/mol. The predicted molar refractivity (Wildman–Crippen MR) is 73.3 cm³/mol. The predicted octanol–water partition coefficient (Wildman–Crippen LogP) is 0.0956. The minimum Gasteiger partial charge on any atom is -0.464 e. The number of ether oxygens (including phenoxy) is 1. The maximum Gasteiger partial charge on any atom is 0.287 e. The van der Waals surface area contributed by atoms with Gasteiger partial charge in [-0.2, -0.15) is 0 Å². The Hall–Kier alpha value is -3.01. The summed E-state index contributed by atoms with van der Waals surface area (Å²) in [6.45, 7) is -0.433. The average Bonchev–Trinajstić information content (AvgIpc) is 2.97. The Labute approximate surface area is 128 Å². The Bertz CT molecular complexity index is 775. The number of hydrogen-bond donors (Lipinski definition) is 3. The van der Waals surface area contributed by atoms with E-state index in [2.05, 4.69) is 19.9 Å². The fourth-order valence-corrected chi connectivity index (χ4v) is 2.22. The highest BCUT2D eigenvalue weighted by molar-refractivity contribution is 5.98. The van der Waals surface area contributed by atoms with Crippen molar-refractivity contribution in [1.29, 1.82) is 0 Å². The number of aromatic nitrogens is 2. The molecule has 1 amide bonds. The molecule has 1 atom stereocenters. The molecule has 0 saturated heterocycles. The van der Waals surface area contributed by atoms with Gasteiger partial charge >= 0.3 is 0 Å². The van der Waals surface area contributed by atoms with Crippen molar-refractivity contribution < 1.29 is 23.8 Å². The van der Waals surface area contributed by atoms with Crippen LogP contribution in [0.2, 0.25) is 0 Å². The molecule has 0 fully saturated rings. The van der Waals surface area contributed by atoms with Gasteiger partial charge in [-0.15, -0.1) is 0 Å². The molecule has 1 aliphatic rings. The van der Waals surface area contributed by atoms with Crippen LogP contribution in [-0.2, 0) is 11.2 Å². The van der Waals surface area contributed by atoms with E-state index in [4.69, 9.17) is 10.5 Å². The number of benzene rings is 1. The minimum absolute atomic E-state index is 0.0291. The third kappa shape index (κ3) is 2.97. The number of rotatable bonds is 5. The lowest BCUT2D eigenvalue weighted by atomic mass is 9.83. The molecule has 0 spiro atoms. The molecule has 0 bridgehead atoms. The molecule has 3 rings (SSSR count). The summed E-state index contributed by atoms with van der Waals surface area (Å²) in [5, 5.41) is 16.3. The van der Waals surface area contributed by atoms with Crippen LogP contribution in [0.5, 0.6) is 5.88 Å². The van der Waals surface area contributed by atoms with E-state index in [0.29, 0.717) is 12.0 Å². The summed E-state index contributed by atoms with van der Waals surface area (Å²) < 4.78 is 22.8. The number of primary amides is 1. The van der Waals surface area contributed by atoms with Gasteiger partial charge in [0.15, 0.2) is 12.4 Å². The van der Waals surface area contributed by atoms with Gasteiger partial charge in [0.25, 0.3) is 11.8 Å². The molecule has 2 aromatic rings.